The summed E-state index contributed by atoms with van der Waals surface area (Å²) in [5, 5.41) is 9.56. The highest BCUT2D eigenvalue weighted by Crippen LogP contribution is 2.22. The SMILES string of the molecule is Cc1cnc(Nc2ccnn2C)nc1-c1coc(C(=O)NCc2cccc(F)c2F)n1. The Morgan fingerprint density at radius 1 is 1.23 bits per heavy atom. The molecule has 0 saturated carbocycles. The minimum Gasteiger partial charge on any atom is -0.440 e. The lowest BCUT2D eigenvalue weighted by Gasteiger charge is -2.07. The van der Waals surface area contributed by atoms with Gasteiger partial charge in [-0.2, -0.15) is 5.10 Å². The predicted octanol–water partition coefficient (Wildman–Crippen LogP) is 3.13. The molecule has 0 unspecified atom stereocenters. The van der Waals surface area contributed by atoms with E-state index in [9.17, 15) is 13.6 Å². The molecule has 3 heterocycles. The Labute approximate surface area is 175 Å². The van der Waals surface area contributed by atoms with Crippen molar-refractivity contribution in [3.8, 4) is 11.4 Å². The monoisotopic (exact) mass is 425 g/mol. The molecule has 11 heteroatoms. The van der Waals surface area contributed by atoms with Crippen LogP contribution in [-0.4, -0.2) is 30.6 Å². The van der Waals surface area contributed by atoms with Crippen LogP contribution >= 0.6 is 0 Å². The molecule has 0 fully saturated rings. The van der Waals surface area contributed by atoms with Crippen molar-refractivity contribution in [2.24, 2.45) is 7.05 Å². The standard InChI is InChI=1S/C20H17F2N7O2/c1-11-8-24-20(27-15-6-7-25-29(15)2)28-17(11)14-10-31-19(26-14)18(30)23-9-12-4-3-5-13(21)16(12)22/h3-8,10H,9H2,1-2H3,(H,23,30)(H,24,27,28). The van der Waals surface area contributed by atoms with Crippen molar-refractivity contribution in [1.82, 2.24) is 30.0 Å². The first kappa shape index (κ1) is 20.1. The Morgan fingerprint density at radius 3 is 2.84 bits per heavy atom. The molecule has 3 aromatic heterocycles. The fraction of sp³-hybridized carbons (Fsp3) is 0.150. The Bertz CT molecular complexity index is 1250. The number of amides is 1. The summed E-state index contributed by atoms with van der Waals surface area (Å²) in [4.78, 5) is 25.2. The van der Waals surface area contributed by atoms with Gasteiger partial charge in [-0.25, -0.2) is 23.7 Å². The molecule has 0 radical (unpaired) electrons. The maximum absolute atomic E-state index is 13.7. The van der Waals surface area contributed by atoms with Crippen molar-refractivity contribution >= 4 is 17.7 Å². The van der Waals surface area contributed by atoms with Crippen LogP contribution in [0.5, 0.6) is 0 Å². The van der Waals surface area contributed by atoms with Crippen LogP contribution in [0.1, 0.15) is 21.8 Å². The number of nitrogens with zero attached hydrogens (tertiary/aromatic N) is 5. The molecule has 0 atom stereocenters. The molecule has 1 aromatic carbocycles. The fourth-order valence-corrected chi connectivity index (χ4v) is 2.80. The highest BCUT2D eigenvalue weighted by molar-refractivity contribution is 5.90. The predicted molar refractivity (Wildman–Crippen MR) is 106 cm³/mol. The normalized spacial score (nSPS) is 10.8. The number of hydrogen-bond acceptors (Lipinski definition) is 7. The number of benzene rings is 1. The van der Waals surface area contributed by atoms with Gasteiger partial charge in [0.05, 0.1) is 6.20 Å². The maximum Gasteiger partial charge on any atom is 0.307 e. The molecular weight excluding hydrogens is 408 g/mol. The summed E-state index contributed by atoms with van der Waals surface area (Å²) in [5.41, 5.74) is 1.53. The highest BCUT2D eigenvalue weighted by atomic mass is 19.2. The van der Waals surface area contributed by atoms with Crippen LogP contribution in [0.4, 0.5) is 20.5 Å². The summed E-state index contributed by atoms with van der Waals surface area (Å²) in [5.74, 6) is -1.89. The molecule has 4 aromatic rings. The van der Waals surface area contributed by atoms with E-state index in [0.29, 0.717) is 23.2 Å². The zero-order chi connectivity index (χ0) is 22.0. The number of hydrogen-bond donors (Lipinski definition) is 2. The summed E-state index contributed by atoms with van der Waals surface area (Å²) in [7, 11) is 1.77. The lowest BCUT2D eigenvalue weighted by atomic mass is 10.2. The molecule has 0 spiro atoms. The number of anilines is 2. The molecule has 0 aliphatic heterocycles. The first-order valence-electron chi connectivity index (χ1n) is 9.18. The van der Waals surface area contributed by atoms with Gasteiger partial charge in [0.1, 0.15) is 23.5 Å². The number of oxazole rings is 1. The summed E-state index contributed by atoms with van der Waals surface area (Å²) in [6.45, 7) is 1.58. The second-order valence-corrected chi connectivity index (χ2v) is 6.62. The third-order valence-electron chi connectivity index (χ3n) is 4.44. The van der Waals surface area contributed by atoms with E-state index >= 15 is 0 Å². The van der Waals surface area contributed by atoms with Crippen molar-refractivity contribution < 1.29 is 18.0 Å². The van der Waals surface area contributed by atoms with Gasteiger partial charge in [0.2, 0.25) is 5.95 Å². The molecule has 9 nitrogen and oxygen atoms in total. The van der Waals surface area contributed by atoms with E-state index in [1.54, 1.807) is 37.1 Å². The lowest BCUT2D eigenvalue weighted by Crippen LogP contribution is -2.23. The highest BCUT2D eigenvalue weighted by Gasteiger charge is 2.18. The Kier molecular flexibility index (Phi) is 5.39. The van der Waals surface area contributed by atoms with Crippen LogP contribution in [0, 0.1) is 18.6 Å². The van der Waals surface area contributed by atoms with Gasteiger partial charge >= 0.3 is 5.91 Å². The molecular formula is C20H17F2N7O2. The molecule has 2 N–H and O–H groups in total. The van der Waals surface area contributed by atoms with Crippen LogP contribution in [0.25, 0.3) is 11.4 Å². The topological polar surface area (TPSA) is 111 Å². The van der Waals surface area contributed by atoms with Gasteiger partial charge < -0.3 is 15.1 Å². The van der Waals surface area contributed by atoms with Crippen molar-refractivity contribution in [3.63, 3.8) is 0 Å². The number of rotatable bonds is 6. The van der Waals surface area contributed by atoms with Gasteiger partial charge in [0.15, 0.2) is 11.6 Å². The fourth-order valence-electron chi connectivity index (χ4n) is 2.80. The Hall–Kier alpha value is -4.15. The van der Waals surface area contributed by atoms with E-state index in [1.807, 2.05) is 0 Å². The molecule has 4 rings (SSSR count). The minimum atomic E-state index is -1.01. The van der Waals surface area contributed by atoms with E-state index < -0.39 is 17.5 Å². The van der Waals surface area contributed by atoms with Crippen LogP contribution < -0.4 is 10.6 Å². The molecule has 31 heavy (non-hydrogen) atoms. The third-order valence-corrected chi connectivity index (χ3v) is 4.44. The number of aromatic nitrogens is 5. The van der Waals surface area contributed by atoms with Gasteiger partial charge in [-0.15, -0.1) is 0 Å². The quantitative estimate of drug-likeness (QED) is 0.488. The molecule has 0 aliphatic carbocycles. The van der Waals surface area contributed by atoms with Crippen LogP contribution in [0.15, 0.2) is 47.3 Å². The summed E-state index contributed by atoms with van der Waals surface area (Å²) >= 11 is 0. The molecule has 1 amide bonds. The largest absolute Gasteiger partial charge is 0.440 e. The Balaban J connectivity index is 1.50. The van der Waals surface area contributed by atoms with Gasteiger partial charge in [0.25, 0.3) is 5.89 Å². The molecule has 158 valence electrons. The minimum absolute atomic E-state index is 0.0117. The zero-order valence-corrected chi connectivity index (χ0v) is 16.6. The van der Waals surface area contributed by atoms with Crippen molar-refractivity contribution in [2.45, 2.75) is 13.5 Å². The second kappa shape index (κ2) is 8.30. The summed E-state index contributed by atoms with van der Waals surface area (Å²) in [6, 6.07) is 5.50. The number of halogens is 2. The molecule has 0 bridgehead atoms. The van der Waals surface area contributed by atoms with E-state index in [0.717, 1.165) is 11.6 Å². The van der Waals surface area contributed by atoms with Crippen LogP contribution in [-0.2, 0) is 13.6 Å². The van der Waals surface area contributed by atoms with E-state index in [4.69, 9.17) is 4.42 Å². The average Bonchev–Trinajstić information content (AvgIpc) is 3.40. The zero-order valence-electron chi connectivity index (χ0n) is 16.6. The van der Waals surface area contributed by atoms with Gasteiger partial charge in [-0.05, 0) is 18.6 Å². The number of aryl methyl sites for hydroxylation is 2. The van der Waals surface area contributed by atoms with Crippen molar-refractivity contribution in [2.75, 3.05) is 5.32 Å². The van der Waals surface area contributed by atoms with Crippen molar-refractivity contribution in [1.29, 1.82) is 0 Å². The third kappa shape index (κ3) is 4.25. The van der Waals surface area contributed by atoms with Gasteiger partial charge in [-0.3, -0.25) is 9.48 Å². The first-order chi connectivity index (χ1) is 14.9. The lowest BCUT2D eigenvalue weighted by molar-refractivity contribution is 0.0915. The summed E-state index contributed by atoms with van der Waals surface area (Å²) in [6.07, 6.45) is 4.54. The average molecular weight is 425 g/mol. The van der Waals surface area contributed by atoms with E-state index in [-0.39, 0.29) is 18.0 Å². The Morgan fingerprint density at radius 2 is 2.06 bits per heavy atom. The second-order valence-electron chi connectivity index (χ2n) is 6.62. The first-order valence-corrected chi connectivity index (χ1v) is 9.18. The van der Waals surface area contributed by atoms with E-state index in [2.05, 4.69) is 30.7 Å². The smallest absolute Gasteiger partial charge is 0.307 e. The van der Waals surface area contributed by atoms with Gasteiger partial charge in [-0.1, -0.05) is 12.1 Å². The summed E-state index contributed by atoms with van der Waals surface area (Å²) < 4.78 is 33.9. The molecule has 0 saturated heterocycles. The number of nitrogens with one attached hydrogen (secondary N) is 2. The van der Waals surface area contributed by atoms with Crippen LogP contribution in [0.3, 0.4) is 0 Å². The molecule has 0 aliphatic rings. The number of carbonyl (C=O) groups is 1. The maximum atomic E-state index is 13.7. The van der Waals surface area contributed by atoms with Gasteiger partial charge in [0, 0.05) is 31.4 Å². The number of carbonyl (C=O) groups excluding carboxylic acids is 1. The van der Waals surface area contributed by atoms with Crippen LogP contribution in [0.2, 0.25) is 0 Å². The van der Waals surface area contributed by atoms with Crippen molar-refractivity contribution in [3.05, 3.63) is 71.6 Å². The van der Waals surface area contributed by atoms with E-state index in [1.165, 1.54) is 18.4 Å².